The molecule has 1 heterocycles. The van der Waals surface area contributed by atoms with E-state index in [0.29, 0.717) is 34.1 Å². The van der Waals surface area contributed by atoms with Gasteiger partial charge in [-0.25, -0.2) is 13.2 Å². The van der Waals surface area contributed by atoms with Crippen molar-refractivity contribution in [3.63, 3.8) is 0 Å². The lowest BCUT2D eigenvalue weighted by Gasteiger charge is -2.07. The Morgan fingerprint density at radius 2 is 1.70 bits per heavy atom. The van der Waals surface area contributed by atoms with Gasteiger partial charge < -0.3 is 9.73 Å². The minimum atomic E-state index is -1.20. The Morgan fingerprint density at radius 1 is 1.00 bits per heavy atom. The quantitative estimate of drug-likeness (QED) is 0.394. The molecule has 3 aromatic carbocycles. The predicted octanol–water partition coefficient (Wildman–Crippen LogP) is 6.66. The van der Waals surface area contributed by atoms with Crippen LogP contribution < -0.4 is 5.32 Å². The van der Waals surface area contributed by atoms with Gasteiger partial charge in [-0.15, -0.1) is 0 Å². The van der Waals surface area contributed by atoms with Crippen molar-refractivity contribution in [1.29, 1.82) is 0 Å². The zero-order valence-electron chi connectivity index (χ0n) is 15.7. The Kier molecular flexibility index (Phi) is 5.26. The number of amides is 1. The van der Waals surface area contributed by atoms with Crippen LogP contribution in [-0.2, 0) is 11.2 Å². The van der Waals surface area contributed by atoms with Gasteiger partial charge in [0.1, 0.15) is 23.0 Å². The van der Waals surface area contributed by atoms with Gasteiger partial charge in [-0.05, 0) is 30.7 Å². The summed E-state index contributed by atoms with van der Waals surface area (Å²) in [7, 11) is 0. The monoisotopic (exact) mass is 429 g/mol. The highest BCUT2D eigenvalue weighted by Gasteiger charge is 2.20. The van der Waals surface area contributed by atoms with E-state index in [4.69, 9.17) is 16.0 Å². The third-order valence-electron chi connectivity index (χ3n) is 4.73. The summed E-state index contributed by atoms with van der Waals surface area (Å²) >= 11 is 6.15. The van der Waals surface area contributed by atoms with Crippen LogP contribution in [-0.4, -0.2) is 5.91 Å². The Hall–Kier alpha value is -3.25. The lowest BCUT2D eigenvalue weighted by atomic mass is 10.0. The van der Waals surface area contributed by atoms with Crippen molar-refractivity contribution in [2.24, 2.45) is 0 Å². The number of nitrogens with one attached hydrogen (secondary N) is 1. The molecule has 0 radical (unpaired) electrons. The number of halogens is 4. The van der Waals surface area contributed by atoms with Crippen molar-refractivity contribution < 1.29 is 22.4 Å². The molecule has 3 nitrogen and oxygen atoms in total. The van der Waals surface area contributed by atoms with E-state index in [0.717, 1.165) is 16.5 Å². The van der Waals surface area contributed by atoms with E-state index < -0.39 is 29.0 Å². The summed E-state index contributed by atoms with van der Waals surface area (Å²) < 4.78 is 46.8. The van der Waals surface area contributed by atoms with Crippen LogP contribution in [0, 0.1) is 24.4 Å². The highest BCUT2D eigenvalue weighted by molar-refractivity contribution is 6.31. The SMILES string of the molecule is Cc1ccccc1-c1oc(CC(=O)Nc2c(F)cc(F)cc2F)c2ccc(Cl)cc12. The van der Waals surface area contributed by atoms with Gasteiger partial charge in [-0.3, -0.25) is 4.79 Å². The van der Waals surface area contributed by atoms with Crippen molar-refractivity contribution in [3.05, 3.63) is 88.4 Å². The van der Waals surface area contributed by atoms with Gasteiger partial charge in [-0.2, -0.15) is 0 Å². The maximum atomic E-state index is 13.8. The van der Waals surface area contributed by atoms with Gasteiger partial charge in [0.05, 0.1) is 6.42 Å². The van der Waals surface area contributed by atoms with Gasteiger partial charge in [0, 0.05) is 33.5 Å². The number of benzene rings is 3. The summed E-state index contributed by atoms with van der Waals surface area (Å²) in [5, 5.41) is 4.03. The molecule has 1 aromatic heterocycles. The average Bonchev–Trinajstić information content (AvgIpc) is 3.02. The number of anilines is 1. The fourth-order valence-corrected chi connectivity index (χ4v) is 3.50. The highest BCUT2D eigenvalue weighted by Crippen LogP contribution is 2.37. The molecule has 4 aromatic rings. The van der Waals surface area contributed by atoms with Crippen molar-refractivity contribution in [3.8, 4) is 11.3 Å². The smallest absolute Gasteiger partial charge is 0.232 e. The maximum Gasteiger partial charge on any atom is 0.232 e. The number of carbonyl (C=O) groups excluding carboxylic acids is 1. The summed E-state index contributed by atoms with van der Waals surface area (Å²) in [4.78, 5) is 12.5. The number of rotatable bonds is 4. The van der Waals surface area contributed by atoms with E-state index in [9.17, 15) is 18.0 Å². The second kappa shape index (κ2) is 7.88. The van der Waals surface area contributed by atoms with E-state index in [2.05, 4.69) is 5.32 Å². The van der Waals surface area contributed by atoms with Crippen LogP contribution >= 0.6 is 11.6 Å². The Morgan fingerprint density at radius 3 is 2.40 bits per heavy atom. The normalized spacial score (nSPS) is 11.1. The number of carbonyl (C=O) groups is 1. The number of furan rings is 1. The molecule has 1 amide bonds. The molecule has 0 saturated heterocycles. The second-order valence-corrected chi connectivity index (χ2v) is 7.27. The molecule has 0 fully saturated rings. The molecule has 7 heteroatoms. The van der Waals surface area contributed by atoms with Crippen molar-refractivity contribution in [1.82, 2.24) is 0 Å². The molecule has 0 saturated carbocycles. The van der Waals surface area contributed by atoms with Crippen LogP contribution in [0.3, 0.4) is 0 Å². The first kappa shape index (κ1) is 20.0. The van der Waals surface area contributed by atoms with Crippen molar-refractivity contribution in [2.45, 2.75) is 13.3 Å². The van der Waals surface area contributed by atoms with Crippen LogP contribution in [0.5, 0.6) is 0 Å². The predicted molar refractivity (Wildman–Crippen MR) is 110 cm³/mol. The number of hydrogen-bond acceptors (Lipinski definition) is 2. The fourth-order valence-electron chi connectivity index (χ4n) is 3.33. The third kappa shape index (κ3) is 3.78. The topological polar surface area (TPSA) is 42.2 Å². The van der Waals surface area contributed by atoms with E-state index in [-0.39, 0.29) is 6.42 Å². The number of aryl methyl sites for hydroxylation is 1. The fraction of sp³-hybridized carbons (Fsp3) is 0.0870. The summed E-state index contributed by atoms with van der Waals surface area (Å²) in [6.45, 7) is 1.93. The maximum absolute atomic E-state index is 13.8. The first-order chi connectivity index (χ1) is 14.3. The standard InChI is InChI=1S/C23H15ClF3NO2/c1-12-4-2-3-5-15(12)23-17-8-13(24)6-7-16(17)20(30-23)11-21(29)28-22-18(26)9-14(25)10-19(22)27/h2-10H,11H2,1H3,(H,28,29). The van der Waals surface area contributed by atoms with Crippen molar-refractivity contribution in [2.75, 3.05) is 5.32 Å². The molecule has 0 spiro atoms. The first-order valence-corrected chi connectivity index (χ1v) is 9.42. The molecule has 4 rings (SSSR count). The molecule has 0 aliphatic heterocycles. The minimum absolute atomic E-state index is 0.278. The lowest BCUT2D eigenvalue weighted by Crippen LogP contribution is -2.16. The van der Waals surface area contributed by atoms with Gasteiger partial charge >= 0.3 is 0 Å². The van der Waals surface area contributed by atoms with Crippen LogP contribution in [0.2, 0.25) is 5.02 Å². The Labute approximate surface area is 175 Å². The van der Waals surface area contributed by atoms with Crippen LogP contribution in [0.1, 0.15) is 11.3 Å². The van der Waals surface area contributed by atoms with Gasteiger partial charge in [0.2, 0.25) is 5.91 Å². The third-order valence-corrected chi connectivity index (χ3v) is 4.97. The van der Waals surface area contributed by atoms with Crippen LogP contribution in [0.25, 0.3) is 22.1 Å². The Bertz CT molecular complexity index is 1260. The molecule has 1 N–H and O–H groups in total. The first-order valence-electron chi connectivity index (χ1n) is 9.05. The molecular formula is C23H15ClF3NO2. The lowest BCUT2D eigenvalue weighted by molar-refractivity contribution is -0.115. The molecule has 30 heavy (non-hydrogen) atoms. The minimum Gasteiger partial charge on any atom is -0.459 e. The largest absolute Gasteiger partial charge is 0.459 e. The zero-order chi connectivity index (χ0) is 21.4. The molecule has 0 aliphatic rings. The van der Waals surface area contributed by atoms with Crippen molar-refractivity contribution >= 4 is 34.0 Å². The molecular weight excluding hydrogens is 415 g/mol. The summed E-state index contributed by atoms with van der Waals surface area (Å²) in [6.07, 6.45) is -0.278. The van der Waals surface area contributed by atoms with E-state index >= 15 is 0 Å². The summed E-state index contributed by atoms with van der Waals surface area (Å²) in [5.41, 5.74) is 1.10. The van der Waals surface area contributed by atoms with Crippen LogP contribution in [0.4, 0.5) is 18.9 Å². The van der Waals surface area contributed by atoms with Gasteiger partial charge in [0.25, 0.3) is 0 Å². The molecule has 0 unspecified atom stereocenters. The molecule has 0 bridgehead atoms. The summed E-state index contributed by atoms with van der Waals surface area (Å²) in [6, 6.07) is 13.7. The zero-order valence-corrected chi connectivity index (χ0v) is 16.5. The molecule has 0 atom stereocenters. The average molecular weight is 430 g/mol. The van der Waals surface area contributed by atoms with Gasteiger partial charge in [-0.1, -0.05) is 35.9 Å². The number of fused-ring (bicyclic) bond motifs is 1. The van der Waals surface area contributed by atoms with Gasteiger partial charge in [0.15, 0.2) is 11.6 Å². The van der Waals surface area contributed by atoms with E-state index in [1.807, 2.05) is 31.2 Å². The van der Waals surface area contributed by atoms with E-state index in [1.54, 1.807) is 18.2 Å². The number of hydrogen-bond donors (Lipinski definition) is 1. The Balaban J connectivity index is 1.72. The van der Waals surface area contributed by atoms with E-state index in [1.165, 1.54) is 0 Å². The molecule has 152 valence electrons. The highest BCUT2D eigenvalue weighted by atomic mass is 35.5. The second-order valence-electron chi connectivity index (χ2n) is 6.83. The van der Waals surface area contributed by atoms with Crippen LogP contribution in [0.15, 0.2) is 59.0 Å². The summed E-state index contributed by atoms with van der Waals surface area (Å²) in [5.74, 6) is -3.30. The molecule has 0 aliphatic carbocycles.